The Morgan fingerprint density at radius 1 is 1.38 bits per heavy atom. The number of benzene rings is 1. The summed E-state index contributed by atoms with van der Waals surface area (Å²) in [5.74, 6) is 1.30. The van der Waals surface area contributed by atoms with Gasteiger partial charge in [0.05, 0.1) is 10.0 Å². The van der Waals surface area contributed by atoms with Crippen LogP contribution in [0.25, 0.3) is 0 Å². The highest BCUT2D eigenvalue weighted by molar-refractivity contribution is 7.85. The zero-order chi connectivity index (χ0) is 11.7. The molecule has 1 fully saturated rings. The predicted octanol–water partition coefficient (Wildman–Crippen LogP) is 2.77. The van der Waals surface area contributed by atoms with Crippen molar-refractivity contribution < 1.29 is 4.21 Å². The first kappa shape index (κ1) is 12.4. The standard InChI is InChI=1S/C11H13Cl2NOS/c1-7-5-16(15)6-10(14-7)8-3-2-4-9(12)11(8)13/h2-4,7,10,14H,5-6H2,1H3. The van der Waals surface area contributed by atoms with Crippen molar-refractivity contribution in [1.82, 2.24) is 5.32 Å². The molecule has 0 bridgehead atoms. The molecule has 5 heteroatoms. The van der Waals surface area contributed by atoms with Crippen LogP contribution in [-0.2, 0) is 10.8 Å². The zero-order valence-electron chi connectivity index (χ0n) is 8.87. The molecule has 0 spiro atoms. The number of halogens is 2. The average Bonchev–Trinajstić information content (AvgIpc) is 2.20. The predicted molar refractivity (Wildman–Crippen MR) is 69.7 cm³/mol. The van der Waals surface area contributed by atoms with E-state index in [2.05, 4.69) is 5.32 Å². The van der Waals surface area contributed by atoms with E-state index in [0.717, 1.165) is 5.56 Å². The van der Waals surface area contributed by atoms with Crippen LogP contribution < -0.4 is 5.32 Å². The lowest BCUT2D eigenvalue weighted by Gasteiger charge is -2.29. The van der Waals surface area contributed by atoms with Crippen LogP contribution in [0.2, 0.25) is 10.0 Å². The maximum Gasteiger partial charge on any atom is 0.0640 e. The number of hydrogen-bond acceptors (Lipinski definition) is 2. The summed E-state index contributed by atoms with van der Waals surface area (Å²) in [5, 5.41) is 4.50. The largest absolute Gasteiger partial charge is 0.306 e. The van der Waals surface area contributed by atoms with Crippen LogP contribution in [0.5, 0.6) is 0 Å². The molecule has 1 saturated heterocycles. The summed E-state index contributed by atoms with van der Waals surface area (Å²) in [6, 6.07) is 5.84. The molecule has 0 amide bonds. The fourth-order valence-corrected chi connectivity index (χ4v) is 3.82. The third kappa shape index (κ3) is 2.59. The molecule has 2 nitrogen and oxygen atoms in total. The van der Waals surface area contributed by atoms with E-state index in [-0.39, 0.29) is 12.1 Å². The molecule has 1 aliphatic heterocycles. The van der Waals surface area contributed by atoms with E-state index in [1.54, 1.807) is 6.07 Å². The Morgan fingerprint density at radius 3 is 2.81 bits per heavy atom. The Bertz CT molecular complexity index is 424. The molecule has 1 aromatic carbocycles. The Kier molecular flexibility index (Phi) is 3.90. The van der Waals surface area contributed by atoms with Gasteiger partial charge in [0.2, 0.25) is 0 Å². The molecule has 0 radical (unpaired) electrons. The van der Waals surface area contributed by atoms with E-state index in [9.17, 15) is 4.21 Å². The van der Waals surface area contributed by atoms with Gasteiger partial charge >= 0.3 is 0 Å². The molecule has 1 heterocycles. The third-order valence-corrected chi connectivity index (χ3v) is 5.04. The molecule has 0 saturated carbocycles. The van der Waals surface area contributed by atoms with E-state index >= 15 is 0 Å². The van der Waals surface area contributed by atoms with Gasteiger partial charge < -0.3 is 5.32 Å². The van der Waals surface area contributed by atoms with Crippen molar-refractivity contribution in [1.29, 1.82) is 0 Å². The van der Waals surface area contributed by atoms with Crippen molar-refractivity contribution in [2.24, 2.45) is 0 Å². The van der Waals surface area contributed by atoms with Crippen LogP contribution in [0.4, 0.5) is 0 Å². The quantitative estimate of drug-likeness (QED) is 0.855. The van der Waals surface area contributed by atoms with Crippen LogP contribution in [0.1, 0.15) is 18.5 Å². The van der Waals surface area contributed by atoms with Gasteiger partial charge in [-0.05, 0) is 18.6 Å². The summed E-state index contributed by atoms with van der Waals surface area (Å²) in [6.07, 6.45) is 0. The SMILES string of the molecule is CC1CS(=O)CC(c2cccc(Cl)c2Cl)N1. The van der Waals surface area contributed by atoms with Gasteiger partial charge in [-0.3, -0.25) is 4.21 Å². The third-order valence-electron chi connectivity index (χ3n) is 2.63. The van der Waals surface area contributed by atoms with Crippen molar-refractivity contribution in [2.45, 2.75) is 19.0 Å². The van der Waals surface area contributed by atoms with E-state index in [0.29, 0.717) is 21.6 Å². The average molecular weight is 278 g/mol. The highest BCUT2D eigenvalue weighted by atomic mass is 35.5. The van der Waals surface area contributed by atoms with E-state index < -0.39 is 10.8 Å². The minimum atomic E-state index is -0.780. The van der Waals surface area contributed by atoms with Gasteiger partial charge in [-0.2, -0.15) is 0 Å². The lowest BCUT2D eigenvalue weighted by Crippen LogP contribution is -2.43. The monoisotopic (exact) mass is 277 g/mol. The van der Waals surface area contributed by atoms with Crippen molar-refractivity contribution in [3.8, 4) is 0 Å². The molecule has 3 unspecified atom stereocenters. The molecular weight excluding hydrogens is 265 g/mol. The van der Waals surface area contributed by atoms with Gasteiger partial charge in [0, 0.05) is 34.4 Å². The highest BCUT2D eigenvalue weighted by Gasteiger charge is 2.25. The molecule has 88 valence electrons. The first-order valence-electron chi connectivity index (χ1n) is 5.13. The molecule has 0 aromatic heterocycles. The van der Waals surface area contributed by atoms with E-state index in [4.69, 9.17) is 23.2 Å². The normalized spacial score (nSPS) is 30.3. The van der Waals surface area contributed by atoms with Crippen LogP contribution in [-0.4, -0.2) is 21.8 Å². The van der Waals surface area contributed by atoms with Crippen LogP contribution >= 0.6 is 23.2 Å². The van der Waals surface area contributed by atoms with Crippen molar-refractivity contribution in [2.75, 3.05) is 11.5 Å². The topological polar surface area (TPSA) is 29.1 Å². The molecule has 1 N–H and O–H groups in total. The first-order valence-corrected chi connectivity index (χ1v) is 7.37. The van der Waals surface area contributed by atoms with E-state index in [1.807, 2.05) is 19.1 Å². The second-order valence-electron chi connectivity index (χ2n) is 4.04. The van der Waals surface area contributed by atoms with Crippen molar-refractivity contribution in [3.63, 3.8) is 0 Å². The summed E-state index contributed by atoms with van der Waals surface area (Å²) < 4.78 is 11.6. The van der Waals surface area contributed by atoms with Gasteiger partial charge in [-0.15, -0.1) is 0 Å². The van der Waals surface area contributed by atoms with Crippen LogP contribution in [0, 0.1) is 0 Å². The number of rotatable bonds is 1. The maximum absolute atomic E-state index is 11.6. The molecule has 1 aliphatic rings. The molecule has 2 rings (SSSR count). The van der Waals surface area contributed by atoms with Gasteiger partial charge in [-0.1, -0.05) is 35.3 Å². The Labute approximate surface area is 108 Å². The minimum absolute atomic E-state index is 0.0378. The summed E-state index contributed by atoms with van der Waals surface area (Å²) in [7, 11) is -0.780. The smallest absolute Gasteiger partial charge is 0.0640 e. The lowest BCUT2D eigenvalue weighted by molar-refractivity contribution is 0.490. The molecular formula is C11H13Cl2NOS. The molecule has 16 heavy (non-hydrogen) atoms. The summed E-state index contributed by atoms with van der Waals surface area (Å²) >= 11 is 12.1. The van der Waals surface area contributed by atoms with E-state index in [1.165, 1.54) is 0 Å². The summed E-state index contributed by atoms with van der Waals surface area (Å²) in [4.78, 5) is 0. The Balaban J connectivity index is 2.29. The second-order valence-corrected chi connectivity index (χ2v) is 6.37. The molecule has 0 aliphatic carbocycles. The van der Waals surface area contributed by atoms with Crippen molar-refractivity contribution in [3.05, 3.63) is 33.8 Å². The summed E-state index contributed by atoms with van der Waals surface area (Å²) in [5.41, 5.74) is 0.939. The van der Waals surface area contributed by atoms with Gasteiger partial charge in [0.1, 0.15) is 0 Å². The Morgan fingerprint density at radius 2 is 2.12 bits per heavy atom. The molecule has 3 atom stereocenters. The highest BCUT2D eigenvalue weighted by Crippen LogP contribution is 2.31. The molecule has 1 aromatic rings. The zero-order valence-corrected chi connectivity index (χ0v) is 11.2. The van der Waals surface area contributed by atoms with Crippen molar-refractivity contribution >= 4 is 34.0 Å². The van der Waals surface area contributed by atoms with Gasteiger partial charge in [0.15, 0.2) is 0 Å². The van der Waals surface area contributed by atoms with Crippen LogP contribution in [0.3, 0.4) is 0 Å². The Hall–Kier alpha value is -0.0900. The fraction of sp³-hybridized carbons (Fsp3) is 0.455. The minimum Gasteiger partial charge on any atom is -0.306 e. The van der Waals surface area contributed by atoms with Gasteiger partial charge in [-0.25, -0.2) is 0 Å². The summed E-state index contributed by atoms with van der Waals surface area (Å²) in [6.45, 7) is 2.03. The lowest BCUT2D eigenvalue weighted by atomic mass is 10.1. The maximum atomic E-state index is 11.6. The van der Waals surface area contributed by atoms with Crippen LogP contribution in [0.15, 0.2) is 18.2 Å². The number of hydrogen-bond donors (Lipinski definition) is 1. The second kappa shape index (κ2) is 5.05. The fourth-order valence-electron chi connectivity index (χ4n) is 1.94. The number of nitrogens with one attached hydrogen (secondary N) is 1. The van der Waals surface area contributed by atoms with Gasteiger partial charge in [0.25, 0.3) is 0 Å². The first-order chi connectivity index (χ1) is 7.58.